The van der Waals surface area contributed by atoms with Crippen LogP contribution in [0.25, 0.3) is 0 Å². The van der Waals surface area contributed by atoms with Gasteiger partial charge in [0.15, 0.2) is 0 Å². The number of nitrogens with one attached hydrogen (secondary N) is 1. The molecule has 0 amide bonds. The maximum Gasteiger partial charge on any atom is 0.309 e. The molecule has 1 rings (SSSR count). The normalized spacial score (nSPS) is 28.6. The first-order valence-electron chi connectivity index (χ1n) is 5.23. The van der Waals surface area contributed by atoms with Gasteiger partial charge in [-0.25, -0.2) is 0 Å². The van der Waals surface area contributed by atoms with Crippen molar-refractivity contribution >= 4 is 5.97 Å². The second kappa shape index (κ2) is 4.30. The Morgan fingerprint density at radius 3 is 2.50 bits per heavy atom. The number of hydrogen-bond donors (Lipinski definition) is 1. The second-order valence-electron chi connectivity index (χ2n) is 5.18. The minimum absolute atomic E-state index is 0.0398. The fourth-order valence-electron chi connectivity index (χ4n) is 1.95. The standard InChI is InChI=1S/C11H21NO2/c1-11(2,3)9-5-8(6-12-7-9)10(13)14-4/h8-9,12H,5-7H2,1-4H3/t8-,9-/m1/s1. The molecule has 0 bridgehead atoms. The molecular formula is C11H21NO2. The summed E-state index contributed by atoms with van der Waals surface area (Å²) in [5.41, 5.74) is 0.264. The summed E-state index contributed by atoms with van der Waals surface area (Å²) in [7, 11) is 1.46. The van der Waals surface area contributed by atoms with E-state index in [-0.39, 0.29) is 17.3 Å². The van der Waals surface area contributed by atoms with E-state index in [1.165, 1.54) is 7.11 Å². The molecule has 0 unspecified atom stereocenters. The first kappa shape index (κ1) is 11.5. The fourth-order valence-corrected chi connectivity index (χ4v) is 1.95. The highest BCUT2D eigenvalue weighted by Gasteiger charge is 2.33. The van der Waals surface area contributed by atoms with Crippen molar-refractivity contribution in [2.45, 2.75) is 27.2 Å². The monoisotopic (exact) mass is 199 g/mol. The Balaban J connectivity index is 2.56. The van der Waals surface area contributed by atoms with Gasteiger partial charge in [0.1, 0.15) is 0 Å². The molecule has 0 aromatic carbocycles. The lowest BCUT2D eigenvalue weighted by molar-refractivity contribution is -0.147. The van der Waals surface area contributed by atoms with Gasteiger partial charge in [-0.05, 0) is 24.3 Å². The topological polar surface area (TPSA) is 38.3 Å². The number of hydrogen-bond acceptors (Lipinski definition) is 3. The summed E-state index contributed by atoms with van der Waals surface area (Å²) in [4.78, 5) is 11.4. The van der Waals surface area contributed by atoms with E-state index in [0.29, 0.717) is 5.92 Å². The van der Waals surface area contributed by atoms with Crippen LogP contribution in [0.2, 0.25) is 0 Å². The molecule has 3 heteroatoms. The number of ether oxygens (including phenoxy) is 1. The van der Waals surface area contributed by atoms with Crippen molar-refractivity contribution in [3.63, 3.8) is 0 Å². The van der Waals surface area contributed by atoms with Gasteiger partial charge in [0.2, 0.25) is 0 Å². The summed E-state index contributed by atoms with van der Waals surface area (Å²) < 4.78 is 4.77. The lowest BCUT2D eigenvalue weighted by Gasteiger charge is -2.37. The number of piperidine rings is 1. The highest BCUT2D eigenvalue weighted by Crippen LogP contribution is 2.33. The molecule has 1 N–H and O–H groups in total. The fraction of sp³-hybridized carbons (Fsp3) is 0.909. The molecule has 0 saturated carbocycles. The third-order valence-electron chi connectivity index (χ3n) is 3.11. The molecule has 82 valence electrons. The van der Waals surface area contributed by atoms with E-state index in [2.05, 4.69) is 26.1 Å². The molecule has 0 radical (unpaired) electrons. The average Bonchev–Trinajstić information content (AvgIpc) is 2.15. The Morgan fingerprint density at radius 2 is 2.00 bits per heavy atom. The lowest BCUT2D eigenvalue weighted by Crippen LogP contribution is -2.44. The zero-order valence-electron chi connectivity index (χ0n) is 9.59. The second-order valence-corrected chi connectivity index (χ2v) is 5.18. The summed E-state index contributed by atoms with van der Waals surface area (Å²) >= 11 is 0. The van der Waals surface area contributed by atoms with Crippen LogP contribution in [0, 0.1) is 17.3 Å². The molecule has 3 nitrogen and oxygen atoms in total. The average molecular weight is 199 g/mol. The van der Waals surface area contributed by atoms with Crippen LogP contribution in [0.1, 0.15) is 27.2 Å². The van der Waals surface area contributed by atoms with Crippen LogP contribution in [-0.4, -0.2) is 26.2 Å². The van der Waals surface area contributed by atoms with Crippen LogP contribution in [0.15, 0.2) is 0 Å². The van der Waals surface area contributed by atoms with Gasteiger partial charge >= 0.3 is 5.97 Å². The van der Waals surface area contributed by atoms with E-state index < -0.39 is 0 Å². The van der Waals surface area contributed by atoms with Crippen LogP contribution in [0.5, 0.6) is 0 Å². The molecule has 1 aliphatic heterocycles. The van der Waals surface area contributed by atoms with Crippen molar-refractivity contribution < 1.29 is 9.53 Å². The van der Waals surface area contributed by atoms with Gasteiger partial charge in [-0.15, -0.1) is 0 Å². The molecule has 14 heavy (non-hydrogen) atoms. The summed E-state index contributed by atoms with van der Waals surface area (Å²) in [5, 5.41) is 3.31. The van der Waals surface area contributed by atoms with Crippen molar-refractivity contribution in [2.24, 2.45) is 17.3 Å². The molecule has 1 fully saturated rings. The van der Waals surface area contributed by atoms with E-state index in [9.17, 15) is 4.79 Å². The maximum absolute atomic E-state index is 11.4. The van der Waals surface area contributed by atoms with Gasteiger partial charge in [-0.1, -0.05) is 20.8 Å². The summed E-state index contributed by atoms with van der Waals surface area (Å²) in [6, 6.07) is 0. The van der Waals surface area contributed by atoms with Crippen LogP contribution in [-0.2, 0) is 9.53 Å². The predicted octanol–water partition coefficient (Wildman–Crippen LogP) is 1.43. The minimum atomic E-state index is -0.0774. The zero-order valence-corrected chi connectivity index (χ0v) is 9.59. The molecule has 0 spiro atoms. The van der Waals surface area contributed by atoms with Crippen molar-refractivity contribution in [3.05, 3.63) is 0 Å². The van der Waals surface area contributed by atoms with Crippen LogP contribution in [0.3, 0.4) is 0 Å². The van der Waals surface area contributed by atoms with Gasteiger partial charge in [0.25, 0.3) is 0 Å². The van der Waals surface area contributed by atoms with Crippen LogP contribution in [0.4, 0.5) is 0 Å². The predicted molar refractivity (Wildman–Crippen MR) is 55.9 cm³/mol. The molecule has 0 aromatic heterocycles. The van der Waals surface area contributed by atoms with Crippen molar-refractivity contribution in [3.8, 4) is 0 Å². The van der Waals surface area contributed by atoms with E-state index in [1.807, 2.05) is 0 Å². The minimum Gasteiger partial charge on any atom is -0.469 e. The van der Waals surface area contributed by atoms with Crippen molar-refractivity contribution in [2.75, 3.05) is 20.2 Å². The Kier molecular flexibility index (Phi) is 3.53. The van der Waals surface area contributed by atoms with Crippen LogP contribution >= 0.6 is 0 Å². The maximum atomic E-state index is 11.4. The Bertz CT molecular complexity index is 208. The number of rotatable bonds is 1. The molecular weight excluding hydrogens is 178 g/mol. The molecule has 1 heterocycles. The van der Waals surface area contributed by atoms with Crippen LogP contribution < -0.4 is 5.32 Å². The number of methoxy groups -OCH3 is 1. The molecule has 2 atom stereocenters. The van der Waals surface area contributed by atoms with Gasteiger partial charge in [-0.3, -0.25) is 4.79 Å². The largest absolute Gasteiger partial charge is 0.469 e. The Hall–Kier alpha value is -0.570. The number of carbonyl (C=O) groups excluding carboxylic acids is 1. The van der Waals surface area contributed by atoms with Gasteiger partial charge in [0.05, 0.1) is 13.0 Å². The quantitative estimate of drug-likeness (QED) is 0.649. The molecule has 1 saturated heterocycles. The summed E-state index contributed by atoms with van der Waals surface area (Å²) in [6.07, 6.45) is 0.948. The summed E-state index contributed by atoms with van der Waals surface area (Å²) in [5.74, 6) is 0.518. The van der Waals surface area contributed by atoms with Gasteiger partial charge in [0, 0.05) is 6.54 Å². The molecule has 0 aromatic rings. The lowest BCUT2D eigenvalue weighted by atomic mass is 9.74. The summed E-state index contributed by atoms with van der Waals surface area (Å²) in [6.45, 7) is 8.44. The zero-order chi connectivity index (χ0) is 10.8. The third-order valence-corrected chi connectivity index (χ3v) is 3.11. The number of carbonyl (C=O) groups is 1. The van der Waals surface area contributed by atoms with Gasteiger partial charge in [-0.2, -0.15) is 0 Å². The first-order valence-corrected chi connectivity index (χ1v) is 5.23. The van der Waals surface area contributed by atoms with E-state index >= 15 is 0 Å². The van der Waals surface area contributed by atoms with E-state index in [1.54, 1.807) is 0 Å². The SMILES string of the molecule is COC(=O)[C@H]1CNC[C@H](C(C)(C)C)C1. The first-order chi connectivity index (χ1) is 6.45. The smallest absolute Gasteiger partial charge is 0.309 e. The van der Waals surface area contributed by atoms with E-state index in [4.69, 9.17) is 4.74 Å². The Labute approximate surface area is 86.2 Å². The third kappa shape index (κ3) is 2.71. The number of esters is 1. The highest BCUT2D eigenvalue weighted by molar-refractivity contribution is 5.72. The van der Waals surface area contributed by atoms with Gasteiger partial charge < -0.3 is 10.1 Å². The van der Waals surface area contributed by atoms with Crippen molar-refractivity contribution in [1.29, 1.82) is 0 Å². The van der Waals surface area contributed by atoms with Crippen molar-refractivity contribution in [1.82, 2.24) is 5.32 Å². The highest BCUT2D eigenvalue weighted by atomic mass is 16.5. The molecule has 1 aliphatic rings. The van der Waals surface area contributed by atoms with E-state index in [0.717, 1.165) is 19.5 Å². The molecule has 0 aliphatic carbocycles. The Morgan fingerprint density at radius 1 is 1.36 bits per heavy atom.